The fraction of sp³-hybridized carbons (Fsp3) is 0.500. The smallest absolute Gasteiger partial charge is 0.117 e. The van der Waals surface area contributed by atoms with E-state index < -0.39 is 0 Å². The molecule has 0 fully saturated rings. The molecule has 0 aliphatic carbocycles. The summed E-state index contributed by atoms with van der Waals surface area (Å²) < 4.78 is 9.86. The van der Waals surface area contributed by atoms with Crippen LogP contribution in [0.25, 0.3) is 0 Å². The second-order valence-corrected chi connectivity index (χ2v) is 1.60. The minimum atomic E-state index is 0.0590. The second kappa shape index (κ2) is 2.84. The summed E-state index contributed by atoms with van der Waals surface area (Å²) in [5, 5.41) is 0. The van der Waals surface area contributed by atoms with E-state index in [-0.39, 0.29) is 6.10 Å². The molecular formula is C6H9O2. The lowest BCUT2D eigenvalue weighted by molar-refractivity contribution is 0.0813. The fourth-order valence-electron chi connectivity index (χ4n) is 0.575. The van der Waals surface area contributed by atoms with E-state index in [1.54, 1.807) is 13.7 Å². The van der Waals surface area contributed by atoms with Crippen LogP contribution in [0.4, 0.5) is 0 Å². The van der Waals surface area contributed by atoms with Crippen molar-refractivity contribution in [2.45, 2.75) is 6.10 Å². The van der Waals surface area contributed by atoms with E-state index in [0.717, 1.165) is 0 Å². The van der Waals surface area contributed by atoms with Crippen LogP contribution in [0.1, 0.15) is 0 Å². The normalized spacial score (nSPS) is 28.4. The summed E-state index contributed by atoms with van der Waals surface area (Å²) in [6, 6.07) is 0. The molecule has 0 aromatic rings. The Kier molecular flexibility index (Phi) is 2.06. The first-order valence-electron chi connectivity index (χ1n) is 2.58. The Balaban J connectivity index is 2.32. The lowest BCUT2D eigenvalue weighted by Gasteiger charge is -2.13. The number of hydrogen-bond donors (Lipinski definition) is 0. The van der Waals surface area contributed by atoms with Crippen molar-refractivity contribution in [2.75, 3.05) is 13.7 Å². The maximum atomic E-state index is 4.94. The molecule has 45 valence electrons. The third-order valence-corrected chi connectivity index (χ3v) is 1.02. The summed E-state index contributed by atoms with van der Waals surface area (Å²) in [7, 11) is 1.65. The van der Waals surface area contributed by atoms with Crippen molar-refractivity contribution in [2.24, 2.45) is 0 Å². The summed E-state index contributed by atoms with van der Waals surface area (Å²) in [6.07, 6.45) is 3.96. The van der Waals surface area contributed by atoms with Crippen LogP contribution >= 0.6 is 0 Å². The van der Waals surface area contributed by atoms with Gasteiger partial charge in [0.05, 0.1) is 6.61 Å². The topological polar surface area (TPSA) is 18.5 Å². The van der Waals surface area contributed by atoms with Crippen LogP contribution < -0.4 is 0 Å². The Morgan fingerprint density at radius 2 is 2.62 bits per heavy atom. The van der Waals surface area contributed by atoms with Gasteiger partial charge in [0.1, 0.15) is 12.7 Å². The molecular weight excluding hydrogens is 104 g/mol. The van der Waals surface area contributed by atoms with E-state index in [9.17, 15) is 0 Å². The van der Waals surface area contributed by atoms with Crippen molar-refractivity contribution in [3.05, 3.63) is 18.8 Å². The van der Waals surface area contributed by atoms with Gasteiger partial charge in [-0.15, -0.1) is 0 Å². The fourth-order valence-corrected chi connectivity index (χ4v) is 0.575. The number of methoxy groups -OCH3 is 1. The first kappa shape index (κ1) is 5.79. The molecule has 0 amide bonds. The van der Waals surface area contributed by atoms with Crippen molar-refractivity contribution in [3.8, 4) is 0 Å². The van der Waals surface area contributed by atoms with Gasteiger partial charge in [-0.3, -0.25) is 0 Å². The van der Waals surface area contributed by atoms with Gasteiger partial charge in [0, 0.05) is 7.11 Å². The number of rotatable bonds is 1. The highest BCUT2D eigenvalue weighted by atomic mass is 16.5. The molecule has 0 aromatic heterocycles. The van der Waals surface area contributed by atoms with Crippen LogP contribution in [0, 0.1) is 6.61 Å². The van der Waals surface area contributed by atoms with Crippen molar-refractivity contribution >= 4 is 0 Å². The molecule has 1 heterocycles. The molecule has 0 saturated heterocycles. The molecule has 1 radical (unpaired) electrons. The highest BCUT2D eigenvalue weighted by Crippen LogP contribution is 2.03. The van der Waals surface area contributed by atoms with E-state index in [4.69, 9.17) is 9.47 Å². The first-order valence-corrected chi connectivity index (χ1v) is 2.58. The molecule has 0 saturated carbocycles. The van der Waals surface area contributed by atoms with Gasteiger partial charge in [0.25, 0.3) is 0 Å². The molecule has 1 aliphatic rings. The lowest BCUT2D eigenvalue weighted by atomic mass is 10.3. The Labute approximate surface area is 49.1 Å². The molecule has 2 heteroatoms. The summed E-state index contributed by atoms with van der Waals surface area (Å²) >= 11 is 0. The van der Waals surface area contributed by atoms with Crippen LogP contribution in [0.15, 0.2) is 12.2 Å². The highest BCUT2D eigenvalue weighted by molar-refractivity contribution is 4.97. The molecule has 8 heavy (non-hydrogen) atoms. The van der Waals surface area contributed by atoms with E-state index in [0.29, 0.717) is 6.61 Å². The minimum absolute atomic E-state index is 0.0590. The Morgan fingerprint density at radius 1 is 1.75 bits per heavy atom. The molecule has 1 rings (SSSR count). The van der Waals surface area contributed by atoms with Crippen molar-refractivity contribution < 1.29 is 9.47 Å². The average Bonchev–Trinajstić information content (AvgIpc) is 1.90. The van der Waals surface area contributed by atoms with Crippen molar-refractivity contribution in [3.63, 3.8) is 0 Å². The summed E-state index contributed by atoms with van der Waals surface area (Å²) in [5.74, 6) is 0. The van der Waals surface area contributed by atoms with Crippen LogP contribution in [0.2, 0.25) is 0 Å². The molecule has 0 aromatic carbocycles. The first-order chi connectivity index (χ1) is 3.93. The molecule has 1 atom stereocenters. The molecule has 1 unspecified atom stereocenters. The Hall–Kier alpha value is -0.340. The van der Waals surface area contributed by atoms with Crippen LogP contribution in [0.5, 0.6) is 0 Å². The maximum absolute atomic E-state index is 4.94. The van der Waals surface area contributed by atoms with Gasteiger partial charge in [-0.05, 0) is 0 Å². The number of hydrogen-bond acceptors (Lipinski definition) is 2. The van der Waals surface area contributed by atoms with Gasteiger partial charge in [-0.2, -0.15) is 0 Å². The van der Waals surface area contributed by atoms with Crippen molar-refractivity contribution in [1.82, 2.24) is 0 Å². The van der Waals surface area contributed by atoms with Crippen molar-refractivity contribution in [1.29, 1.82) is 0 Å². The Morgan fingerprint density at radius 3 is 3.00 bits per heavy atom. The Bertz CT molecular complexity index is 88.5. The zero-order chi connectivity index (χ0) is 5.82. The molecule has 2 nitrogen and oxygen atoms in total. The monoisotopic (exact) mass is 113 g/mol. The van der Waals surface area contributed by atoms with Crippen LogP contribution in [-0.4, -0.2) is 19.8 Å². The zero-order valence-corrected chi connectivity index (χ0v) is 4.83. The van der Waals surface area contributed by atoms with Crippen LogP contribution in [0.3, 0.4) is 0 Å². The predicted octanol–water partition coefficient (Wildman–Crippen LogP) is 0.750. The van der Waals surface area contributed by atoms with Gasteiger partial charge < -0.3 is 9.47 Å². The maximum Gasteiger partial charge on any atom is 0.117 e. The summed E-state index contributed by atoms with van der Waals surface area (Å²) in [6.45, 7) is 2.36. The third kappa shape index (κ3) is 1.32. The van der Waals surface area contributed by atoms with Gasteiger partial charge in [0.15, 0.2) is 0 Å². The number of ether oxygens (including phenoxy) is 2. The SMILES string of the molecule is COC1[CH]OCC=C1. The summed E-state index contributed by atoms with van der Waals surface area (Å²) in [4.78, 5) is 0. The van der Waals surface area contributed by atoms with Gasteiger partial charge in [-0.1, -0.05) is 12.2 Å². The van der Waals surface area contributed by atoms with Crippen LogP contribution in [-0.2, 0) is 9.47 Å². The van der Waals surface area contributed by atoms with E-state index in [1.807, 2.05) is 12.2 Å². The van der Waals surface area contributed by atoms with E-state index in [2.05, 4.69) is 0 Å². The molecule has 0 bridgehead atoms. The highest BCUT2D eigenvalue weighted by Gasteiger charge is 2.05. The van der Waals surface area contributed by atoms with Gasteiger partial charge in [0.2, 0.25) is 0 Å². The lowest BCUT2D eigenvalue weighted by Crippen LogP contribution is -2.13. The summed E-state index contributed by atoms with van der Waals surface area (Å²) in [5.41, 5.74) is 0. The molecule has 0 N–H and O–H groups in total. The quantitative estimate of drug-likeness (QED) is 0.467. The largest absolute Gasteiger partial charge is 0.375 e. The zero-order valence-electron chi connectivity index (χ0n) is 4.83. The van der Waals surface area contributed by atoms with E-state index in [1.165, 1.54) is 0 Å². The van der Waals surface area contributed by atoms with E-state index >= 15 is 0 Å². The van der Waals surface area contributed by atoms with Gasteiger partial charge in [-0.25, -0.2) is 0 Å². The standard InChI is InChI=1S/C6H9O2/c1-7-6-3-2-4-8-5-6/h2-3,5-6H,4H2,1H3. The predicted molar refractivity (Wildman–Crippen MR) is 30.2 cm³/mol. The second-order valence-electron chi connectivity index (χ2n) is 1.60. The molecule has 1 aliphatic heterocycles. The average molecular weight is 113 g/mol. The minimum Gasteiger partial charge on any atom is -0.375 e. The molecule has 0 spiro atoms. The van der Waals surface area contributed by atoms with Gasteiger partial charge >= 0.3 is 0 Å². The third-order valence-electron chi connectivity index (χ3n) is 1.02.